The van der Waals surface area contributed by atoms with Crippen LogP contribution < -0.4 is 22.2 Å². The number of rotatable bonds is 10. The first-order valence-electron chi connectivity index (χ1n) is 10.6. The van der Waals surface area contributed by atoms with E-state index in [1.54, 1.807) is 24.4 Å². The first-order valence-corrected chi connectivity index (χ1v) is 10.6. The van der Waals surface area contributed by atoms with Gasteiger partial charge in [-0.3, -0.25) is 9.59 Å². The molecule has 2 aromatic carbocycles. The van der Waals surface area contributed by atoms with E-state index in [2.05, 4.69) is 15.6 Å². The lowest BCUT2D eigenvalue weighted by molar-refractivity contribution is 0.0918. The van der Waals surface area contributed by atoms with Crippen LogP contribution in [0.25, 0.3) is 10.8 Å². The van der Waals surface area contributed by atoms with E-state index >= 15 is 0 Å². The molecule has 6 N–H and O–H groups in total. The third kappa shape index (κ3) is 6.06. The zero-order chi connectivity index (χ0) is 23.6. The molecular formula is C24H28N6O3. The van der Waals surface area contributed by atoms with E-state index < -0.39 is 0 Å². The van der Waals surface area contributed by atoms with Crippen LogP contribution in [-0.2, 0) is 11.3 Å². The number of anilines is 1. The number of pyridine rings is 1. The first kappa shape index (κ1) is 23.7. The number of nitrogens with one attached hydrogen (secondary N) is 2. The van der Waals surface area contributed by atoms with Crippen molar-refractivity contribution in [1.29, 1.82) is 0 Å². The molecule has 0 atom stereocenters. The first-order chi connectivity index (χ1) is 16.0. The maximum Gasteiger partial charge on any atom is 0.272 e. The standard InChI is InChI=1S/C24H28N6O3/c1-2-33-15-13-28-24(32)22-21(8-5-12-27-22)29-23(31)20-10-9-17(16-30(26)14-11-25)18-6-3-4-7-19(18)20/h3-12,14H,2,13,15-16,25-26H2,1H3,(H,28,32)(H,29,31)/b14-11-. The summed E-state index contributed by atoms with van der Waals surface area (Å²) in [4.78, 5) is 29.9. The lowest BCUT2D eigenvalue weighted by Crippen LogP contribution is -2.29. The molecule has 0 spiro atoms. The van der Waals surface area contributed by atoms with Crippen molar-refractivity contribution in [2.75, 3.05) is 25.1 Å². The number of carbonyl (C=O) groups is 2. The second-order valence-electron chi connectivity index (χ2n) is 7.14. The monoisotopic (exact) mass is 448 g/mol. The minimum Gasteiger partial charge on any atom is -0.403 e. The minimum atomic E-state index is -0.387. The topological polar surface area (TPSA) is 136 Å². The highest BCUT2D eigenvalue weighted by molar-refractivity contribution is 6.15. The zero-order valence-electron chi connectivity index (χ0n) is 18.5. The van der Waals surface area contributed by atoms with Crippen molar-refractivity contribution in [2.24, 2.45) is 11.6 Å². The molecule has 0 aliphatic carbocycles. The minimum absolute atomic E-state index is 0.135. The van der Waals surface area contributed by atoms with Gasteiger partial charge in [0.1, 0.15) is 0 Å². The molecule has 0 unspecified atom stereocenters. The van der Waals surface area contributed by atoms with Crippen molar-refractivity contribution < 1.29 is 14.3 Å². The van der Waals surface area contributed by atoms with Gasteiger partial charge in [-0.1, -0.05) is 30.3 Å². The van der Waals surface area contributed by atoms with Gasteiger partial charge in [0.15, 0.2) is 5.69 Å². The summed E-state index contributed by atoms with van der Waals surface area (Å²) in [7, 11) is 0. The Morgan fingerprint density at radius 1 is 1.09 bits per heavy atom. The van der Waals surface area contributed by atoms with E-state index in [-0.39, 0.29) is 17.5 Å². The molecule has 0 radical (unpaired) electrons. The molecule has 172 valence electrons. The zero-order valence-corrected chi connectivity index (χ0v) is 18.5. The quantitative estimate of drug-likeness (QED) is 0.212. The highest BCUT2D eigenvalue weighted by Crippen LogP contribution is 2.25. The van der Waals surface area contributed by atoms with Gasteiger partial charge in [0.2, 0.25) is 0 Å². The van der Waals surface area contributed by atoms with Crippen molar-refractivity contribution in [2.45, 2.75) is 13.5 Å². The fraction of sp³-hybridized carbons (Fsp3) is 0.208. The van der Waals surface area contributed by atoms with E-state index in [0.717, 1.165) is 16.3 Å². The number of amides is 2. The molecule has 0 bridgehead atoms. The Bertz CT molecular complexity index is 1150. The molecule has 1 heterocycles. The number of nitrogens with zero attached hydrogens (tertiary/aromatic N) is 2. The third-order valence-electron chi connectivity index (χ3n) is 4.90. The summed E-state index contributed by atoms with van der Waals surface area (Å²) in [6, 6.07) is 14.5. The number of hydrogen-bond acceptors (Lipinski definition) is 7. The molecule has 0 saturated carbocycles. The van der Waals surface area contributed by atoms with Gasteiger partial charge in [-0.05, 0) is 41.5 Å². The molecule has 2 amide bonds. The number of carbonyl (C=O) groups excluding carboxylic acids is 2. The van der Waals surface area contributed by atoms with Gasteiger partial charge in [-0.15, -0.1) is 0 Å². The SMILES string of the molecule is CCOCCNC(=O)c1ncccc1NC(=O)c1ccc(CN(N)/C=C\N)c2ccccc12. The Labute approximate surface area is 192 Å². The van der Waals surface area contributed by atoms with Crippen LogP contribution in [0.3, 0.4) is 0 Å². The van der Waals surface area contributed by atoms with Crippen LogP contribution in [0.1, 0.15) is 33.3 Å². The number of fused-ring (bicyclic) bond motifs is 1. The lowest BCUT2D eigenvalue weighted by Gasteiger charge is -2.17. The smallest absolute Gasteiger partial charge is 0.272 e. The predicted molar refractivity (Wildman–Crippen MR) is 128 cm³/mol. The molecule has 33 heavy (non-hydrogen) atoms. The number of hydrogen-bond donors (Lipinski definition) is 4. The highest BCUT2D eigenvalue weighted by Gasteiger charge is 2.17. The van der Waals surface area contributed by atoms with Gasteiger partial charge in [0.05, 0.1) is 18.8 Å². The molecule has 0 saturated heterocycles. The summed E-state index contributed by atoms with van der Waals surface area (Å²) in [5, 5.41) is 8.70. The second kappa shape index (κ2) is 11.6. The molecule has 3 aromatic rings. The van der Waals surface area contributed by atoms with Crippen LogP contribution in [0, 0.1) is 0 Å². The molecule has 3 rings (SSSR count). The summed E-state index contributed by atoms with van der Waals surface area (Å²) >= 11 is 0. The number of aromatic nitrogens is 1. The van der Waals surface area contributed by atoms with Crippen LogP contribution >= 0.6 is 0 Å². The van der Waals surface area contributed by atoms with Crippen molar-refractivity contribution in [3.8, 4) is 0 Å². The fourth-order valence-electron chi connectivity index (χ4n) is 3.40. The van der Waals surface area contributed by atoms with Crippen LogP contribution in [0.5, 0.6) is 0 Å². The van der Waals surface area contributed by atoms with Crippen LogP contribution in [0.15, 0.2) is 67.1 Å². The van der Waals surface area contributed by atoms with Crippen molar-refractivity contribution in [3.63, 3.8) is 0 Å². The average Bonchev–Trinajstić information content (AvgIpc) is 2.82. The van der Waals surface area contributed by atoms with Crippen LogP contribution in [0.4, 0.5) is 5.69 Å². The Kier molecular flexibility index (Phi) is 8.34. The predicted octanol–water partition coefficient (Wildman–Crippen LogP) is 2.36. The third-order valence-corrected chi connectivity index (χ3v) is 4.90. The molecule has 1 aromatic heterocycles. The molecule has 0 aliphatic rings. The van der Waals surface area contributed by atoms with Gasteiger partial charge >= 0.3 is 0 Å². The van der Waals surface area contributed by atoms with Gasteiger partial charge in [-0.25, -0.2) is 10.8 Å². The number of ether oxygens (including phenoxy) is 1. The highest BCUT2D eigenvalue weighted by atomic mass is 16.5. The van der Waals surface area contributed by atoms with E-state index in [9.17, 15) is 9.59 Å². The fourth-order valence-corrected chi connectivity index (χ4v) is 3.40. The lowest BCUT2D eigenvalue weighted by atomic mass is 9.98. The molecule has 0 fully saturated rings. The second-order valence-corrected chi connectivity index (χ2v) is 7.14. The molecular weight excluding hydrogens is 420 g/mol. The van der Waals surface area contributed by atoms with Gasteiger partial charge in [-0.2, -0.15) is 0 Å². The van der Waals surface area contributed by atoms with Crippen LogP contribution in [0.2, 0.25) is 0 Å². The number of benzene rings is 2. The number of nitrogens with two attached hydrogens (primary N) is 2. The molecule has 9 heteroatoms. The van der Waals surface area contributed by atoms with Gasteiger partial charge in [0.25, 0.3) is 11.8 Å². The van der Waals surface area contributed by atoms with E-state index in [1.807, 2.05) is 37.3 Å². The van der Waals surface area contributed by atoms with E-state index in [1.165, 1.54) is 17.4 Å². The normalized spacial score (nSPS) is 11.0. The van der Waals surface area contributed by atoms with Crippen molar-refractivity contribution in [1.82, 2.24) is 15.3 Å². The maximum absolute atomic E-state index is 13.2. The van der Waals surface area contributed by atoms with Crippen molar-refractivity contribution >= 4 is 28.3 Å². The Morgan fingerprint density at radius 3 is 2.64 bits per heavy atom. The van der Waals surface area contributed by atoms with Crippen molar-refractivity contribution in [3.05, 3.63) is 83.9 Å². The molecule has 9 nitrogen and oxygen atoms in total. The van der Waals surface area contributed by atoms with E-state index in [0.29, 0.717) is 37.6 Å². The Morgan fingerprint density at radius 2 is 1.88 bits per heavy atom. The number of hydrazine groups is 1. The summed E-state index contributed by atoms with van der Waals surface area (Å²) in [5.41, 5.74) is 7.29. The van der Waals surface area contributed by atoms with E-state index in [4.69, 9.17) is 16.3 Å². The summed E-state index contributed by atoms with van der Waals surface area (Å²) in [5.74, 6) is 5.20. The summed E-state index contributed by atoms with van der Waals surface area (Å²) < 4.78 is 5.23. The summed E-state index contributed by atoms with van der Waals surface area (Å²) in [6.07, 6.45) is 4.44. The average molecular weight is 449 g/mol. The largest absolute Gasteiger partial charge is 0.403 e. The summed E-state index contributed by atoms with van der Waals surface area (Å²) in [6.45, 7) is 3.62. The maximum atomic E-state index is 13.2. The van der Waals surface area contributed by atoms with Crippen LogP contribution in [-0.4, -0.2) is 41.6 Å². The van der Waals surface area contributed by atoms with Gasteiger partial charge < -0.3 is 26.1 Å². The molecule has 0 aliphatic heterocycles. The van der Waals surface area contributed by atoms with Gasteiger partial charge in [0, 0.05) is 37.3 Å². The Hall–Kier alpha value is -3.95. The Balaban J connectivity index is 1.84.